The second kappa shape index (κ2) is 3.45. The highest BCUT2D eigenvalue weighted by Gasteiger charge is 2.19. The van der Waals surface area contributed by atoms with Crippen molar-refractivity contribution < 1.29 is 19.4 Å². The topological polar surface area (TPSA) is 83.6 Å². The first-order valence-corrected chi connectivity index (χ1v) is 4.16. The van der Waals surface area contributed by atoms with Gasteiger partial charge in [-0.2, -0.15) is 0 Å². The summed E-state index contributed by atoms with van der Waals surface area (Å²) in [7, 11) is 0. The zero-order chi connectivity index (χ0) is 10.8. The summed E-state index contributed by atoms with van der Waals surface area (Å²) in [6.07, 6.45) is 1.53. The summed E-state index contributed by atoms with van der Waals surface area (Å²) in [6, 6.07) is 6.30. The standard InChI is InChI=1S/C10H7NO4/c12-8-5-6(9(15-8)10(13)14)7-3-1-2-4-11-7/h1-5,12H,(H,13,14). The number of aromatic hydroxyl groups is 1. The van der Waals surface area contributed by atoms with E-state index < -0.39 is 11.9 Å². The molecule has 0 aliphatic rings. The van der Waals surface area contributed by atoms with E-state index in [1.807, 2.05) is 0 Å². The summed E-state index contributed by atoms with van der Waals surface area (Å²) in [5, 5.41) is 17.9. The molecule has 2 N–H and O–H groups in total. The van der Waals surface area contributed by atoms with Crippen molar-refractivity contribution in [2.75, 3.05) is 0 Å². The molecule has 76 valence electrons. The van der Waals surface area contributed by atoms with Crippen molar-refractivity contribution >= 4 is 5.97 Å². The molecule has 0 atom stereocenters. The largest absolute Gasteiger partial charge is 0.481 e. The van der Waals surface area contributed by atoms with Gasteiger partial charge in [-0.1, -0.05) is 6.07 Å². The van der Waals surface area contributed by atoms with E-state index in [0.717, 1.165) is 0 Å². The summed E-state index contributed by atoms with van der Waals surface area (Å²) in [5.74, 6) is -1.99. The minimum Gasteiger partial charge on any atom is -0.481 e. The summed E-state index contributed by atoms with van der Waals surface area (Å²) >= 11 is 0. The lowest BCUT2D eigenvalue weighted by Gasteiger charge is -1.96. The van der Waals surface area contributed by atoms with Gasteiger partial charge in [0.15, 0.2) is 0 Å². The van der Waals surface area contributed by atoms with Crippen LogP contribution in [0.5, 0.6) is 5.95 Å². The van der Waals surface area contributed by atoms with E-state index in [1.54, 1.807) is 18.2 Å². The fourth-order valence-corrected chi connectivity index (χ4v) is 1.25. The lowest BCUT2D eigenvalue weighted by molar-refractivity contribution is 0.0657. The maximum absolute atomic E-state index is 10.8. The van der Waals surface area contributed by atoms with E-state index in [1.165, 1.54) is 12.3 Å². The molecule has 2 aromatic heterocycles. The third-order valence-corrected chi connectivity index (χ3v) is 1.85. The first-order chi connectivity index (χ1) is 7.18. The zero-order valence-electron chi connectivity index (χ0n) is 7.54. The van der Waals surface area contributed by atoms with Crippen LogP contribution in [0.3, 0.4) is 0 Å². The fourth-order valence-electron chi connectivity index (χ4n) is 1.25. The Balaban J connectivity index is 2.58. The second-order valence-electron chi connectivity index (χ2n) is 2.85. The third-order valence-electron chi connectivity index (χ3n) is 1.85. The maximum Gasteiger partial charge on any atom is 0.372 e. The number of nitrogens with zero attached hydrogens (tertiary/aromatic N) is 1. The van der Waals surface area contributed by atoms with Crippen LogP contribution in [0.2, 0.25) is 0 Å². The molecule has 2 aromatic rings. The van der Waals surface area contributed by atoms with Crippen LogP contribution in [0.25, 0.3) is 11.3 Å². The van der Waals surface area contributed by atoms with Gasteiger partial charge in [-0.25, -0.2) is 4.79 Å². The predicted octanol–water partition coefficient (Wildman–Crippen LogP) is 1.75. The number of rotatable bonds is 2. The van der Waals surface area contributed by atoms with Gasteiger partial charge in [-0.3, -0.25) is 4.98 Å². The molecular weight excluding hydrogens is 198 g/mol. The third kappa shape index (κ3) is 1.67. The Hall–Kier alpha value is -2.30. The van der Waals surface area contributed by atoms with Crippen molar-refractivity contribution in [3.8, 4) is 17.2 Å². The van der Waals surface area contributed by atoms with Gasteiger partial charge >= 0.3 is 5.97 Å². The van der Waals surface area contributed by atoms with Gasteiger partial charge in [-0.05, 0) is 12.1 Å². The van der Waals surface area contributed by atoms with E-state index in [4.69, 9.17) is 10.2 Å². The average molecular weight is 205 g/mol. The molecule has 15 heavy (non-hydrogen) atoms. The number of aromatic carboxylic acids is 1. The number of pyridine rings is 1. The summed E-state index contributed by atoms with van der Waals surface area (Å²) in [5.41, 5.74) is 0.708. The Morgan fingerprint density at radius 3 is 2.80 bits per heavy atom. The van der Waals surface area contributed by atoms with Gasteiger partial charge in [-0.15, -0.1) is 0 Å². The number of aromatic nitrogens is 1. The highest BCUT2D eigenvalue weighted by Crippen LogP contribution is 2.28. The zero-order valence-corrected chi connectivity index (χ0v) is 7.54. The van der Waals surface area contributed by atoms with Crippen LogP contribution in [0.4, 0.5) is 0 Å². The van der Waals surface area contributed by atoms with Crippen molar-refractivity contribution in [3.63, 3.8) is 0 Å². The molecule has 2 heterocycles. The molecule has 0 aliphatic carbocycles. The van der Waals surface area contributed by atoms with E-state index in [0.29, 0.717) is 5.69 Å². The summed E-state index contributed by atoms with van der Waals surface area (Å²) in [4.78, 5) is 14.7. The van der Waals surface area contributed by atoms with Gasteiger partial charge in [0.05, 0.1) is 11.3 Å². The first kappa shape index (κ1) is 9.26. The molecule has 0 spiro atoms. The maximum atomic E-state index is 10.8. The Labute approximate surface area is 84.6 Å². The Morgan fingerprint density at radius 1 is 1.40 bits per heavy atom. The summed E-state index contributed by atoms with van der Waals surface area (Å²) < 4.78 is 4.65. The average Bonchev–Trinajstić information content (AvgIpc) is 2.62. The molecule has 0 saturated carbocycles. The van der Waals surface area contributed by atoms with E-state index in [2.05, 4.69) is 9.40 Å². The van der Waals surface area contributed by atoms with Crippen LogP contribution in [0.15, 0.2) is 34.9 Å². The predicted molar refractivity (Wildman–Crippen MR) is 50.6 cm³/mol. The highest BCUT2D eigenvalue weighted by atomic mass is 16.5. The number of carboxylic acid groups (broad SMARTS) is 1. The van der Waals surface area contributed by atoms with Crippen LogP contribution in [-0.2, 0) is 0 Å². The molecule has 5 heteroatoms. The van der Waals surface area contributed by atoms with Gasteiger partial charge in [0.1, 0.15) is 0 Å². The fraction of sp³-hybridized carbons (Fsp3) is 0. The van der Waals surface area contributed by atoms with Crippen LogP contribution >= 0.6 is 0 Å². The highest BCUT2D eigenvalue weighted by molar-refractivity contribution is 5.92. The Kier molecular flexibility index (Phi) is 2.13. The van der Waals surface area contributed by atoms with Crippen LogP contribution in [0.1, 0.15) is 10.6 Å². The minimum atomic E-state index is -1.24. The molecule has 2 rings (SSSR count). The lowest BCUT2D eigenvalue weighted by atomic mass is 10.1. The van der Waals surface area contributed by atoms with Crippen molar-refractivity contribution in [2.24, 2.45) is 0 Å². The molecule has 0 unspecified atom stereocenters. The van der Waals surface area contributed by atoms with Crippen LogP contribution in [-0.4, -0.2) is 21.2 Å². The quantitative estimate of drug-likeness (QED) is 0.780. The first-order valence-electron chi connectivity index (χ1n) is 4.16. The molecule has 5 nitrogen and oxygen atoms in total. The van der Waals surface area contributed by atoms with E-state index in [9.17, 15) is 4.79 Å². The number of hydrogen-bond acceptors (Lipinski definition) is 4. The lowest BCUT2D eigenvalue weighted by Crippen LogP contribution is -1.96. The van der Waals surface area contributed by atoms with E-state index >= 15 is 0 Å². The van der Waals surface area contributed by atoms with Crippen molar-refractivity contribution in [1.29, 1.82) is 0 Å². The molecule has 0 saturated heterocycles. The molecule has 0 aliphatic heterocycles. The van der Waals surface area contributed by atoms with Crippen molar-refractivity contribution in [2.45, 2.75) is 0 Å². The summed E-state index contributed by atoms with van der Waals surface area (Å²) in [6.45, 7) is 0. The Bertz CT molecular complexity index is 489. The van der Waals surface area contributed by atoms with E-state index in [-0.39, 0.29) is 11.3 Å². The normalized spacial score (nSPS) is 10.1. The van der Waals surface area contributed by atoms with Gasteiger partial charge in [0.2, 0.25) is 5.76 Å². The molecule has 0 bridgehead atoms. The van der Waals surface area contributed by atoms with Crippen LogP contribution < -0.4 is 0 Å². The SMILES string of the molecule is O=C(O)c1oc(O)cc1-c1ccccn1. The molecule has 0 amide bonds. The van der Waals surface area contributed by atoms with Gasteiger partial charge < -0.3 is 14.6 Å². The molecule has 0 fully saturated rings. The Morgan fingerprint density at radius 2 is 2.20 bits per heavy atom. The number of furan rings is 1. The minimum absolute atomic E-state index is 0.264. The molecule has 0 aromatic carbocycles. The number of carboxylic acids is 1. The monoisotopic (exact) mass is 205 g/mol. The van der Waals surface area contributed by atoms with Gasteiger partial charge in [0, 0.05) is 12.3 Å². The van der Waals surface area contributed by atoms with Crippen molar-refractivity contribution in [3.05, 3.63) is 36.2 Å². The smallest absolute Gasteiger partial charge is 0.372 e. The number of hydrogen-bond donors (Lipinski definition) is 2. The van der Waals surface area contributed by atoms with Gasteiger partial charge in [0.25, 0.3) is 5.95 Å². The molecule has 0 radical (unpaired) electrons. The molecular formula is C10H7NO4. The second-order valence-corrected chi connectivity index (χ2v) is 2.85. The number of carbonyl (C=O) groups is 1. The van der Waals surface area contributed by atoms with Crippen molar-refractivity contribution in [1.82, 2.24) is 4.98 Å². The van der Waals surface area contributed by atoms with Crippen LogP contribution in [0, 0.1) is 0 Å².